The molecular formula is C9H19NO2. The molecule has 0 radical (unpaired) electrons. The van der Waals surface area contributed by atoms with Crippen molar-refractivity contribution in [1.82, 2.24) is 4.90 Å². The highest BCUT2D eigenvalue weighted by atomic mass is 16.5. The summed E-state index contributed by atoms with van der Waals surface area (Å²) in [6.45, 7) is 3.04. The van der Waals surface area contributed by atoms with Gasteiger partial charge in [0.2, 0.25) is 0 Å². The minimum absolute atomic E-state index is 0.390. The van der Waals surface area contributed by atoms with E-state index in [1.165, 1.54) is 0 Å². The summed E-state index contributed by atoms with van der Waals surface area (Å²) in [5, 5.41) is 0. The van der Waals surface area contributed by atoms with E-state index in [0.717, 1.165) is 26.1 Å². The first-order valence-electron chi connectivity index (χ1n) is 4.48. The Labute approximate surface area is 74.6 Å². The fourth-order valence-electron chi connectivity index (χ4n) is 1.88. The predicted octanol–water partition coefficient (Wildman–Crippen LogP) is 0.599. The van der Waals surface area contributed by atoms with Gasteiger partial charge in [-0.3, -0.25) is 0 Å². The highest BCUT2D eigenvalue weighted by Gasteiger charge is 2.27. The first kappa shape index (κ1) is 9.96. The molecule has 1 aliphatic heterocycles. The van der Waals surface area contributed by atoms with Crippen molar-refractivity contribution in [3.05, 3.63) is 0 Å². The van der Waals surface area contributed by atoms with Gasteiger partial charge in [-0.2, -0.15) is 0 Å². The van der Waals surface area contributed by atoms with E-state index < -0.39 is 0 Å². The number of hydrogen-bond acceptors (Lipinski definition) is 3. The molecule has 0 bridgehead atoms. The molecule has 2 atom stereocenters. The van der Waals surface area contributed by atoms with Crippen LogP contribution < -0.4 is 0 Å². The number of likely N-dealkylation sites (tertiary alicyclic amines) is 1. The van der Waals surface area contributed by atoms with Crippen molar-refractivity contribution < 1.29 is 9.47 Å². The van der Waals surface area contributed by atoms with Gasteiger partial charge in [0.15, 0.2) is 0 Å². The molecule has 0 aliphatic carbocycles. The lowest BCUT2D eigenvalue weighted by Crippen LogP contribution is -2.43. The summed E-state index contributed by atoms with van der Waals surface area (Å²) >= 11 is 0. The van der Waals surface area contributed by atoms with Crippen molar-refractivity contribution in [3.8, 4) is 0 Å². The van der Waals surface area contributed by atoms with E-state index >= 15 is 0 Å². The van der Waals surface area contributed by atoms with Crippen LogP contribution >= 0.6 is 0 Å². The zero-order valence-electron chi connectivity index (χ0n) is 8.25. The van der Waals surface area contributed by atoms with Crippen molar-refractivity contribution in [2.75, 3.05) is 41.0 Å². The highest BCUT2D eigenvalue weighted by Crippen LogP contribution is 2.18. The topological polar surface area (TPSA) is 21.7 Å². The summed E-state index contributed by atoms with van der Waals surface area (Å²) in [7, 11) is 5.69. The summed E-state index contributed by atoms with van der Waals surface area (Å²) in [6, 6.07) is 0. The normalized spacial score (nSPS) is 32.2. The van der Waals surface area contributed by atoms with Crippen LogP contribution in [0.15, 0.2) is 0 Å². The molecule has 1 rings (SSSR count). The Morgan fingerprint density at radius 2 is 2.17 bits per heavy atom. The molecule has 0 N–H and O–H groups in total. The molecule has 0 aromatic carbocycles. The van der Waals surface area contributed by atoms with Crippen molar-refractivity contribution in [2.45, 2.75) is 12.5 Å². The largest absolute Gasteiger partial charge is 0.384 e. The summed E-state index contributed by atoms with van der Waals surface area (Å²) in [6.07, 6.45) is 1.52. The molecule has 3 heteroatoms. The van der Waals surface area contributed by atoms with Gasteiger partial charge < -0.3 is 14.4 Å². The van der Waals surface area contributed by atoms with Gasteiger partial charge in [0, 0.05) is 33.2 Å². The third-order valence-electron chi connectivity index (χ3n) is 2.55. The van der Waals surface area contributed by atoms with Gasteiger partial charge in [0.1, 0.15) is 0 Å². The van der Waals surface area contributed by atoms with Crippen LogP contribution in [-0.4, -0.2) is 52.0 Å². The summed E-state index contributed by atoms with van der Waals surface area (Å²) < 4.78 is 10.6. The van der Waals surface area contributed by atoms with Crippen molar-refractivity contribution >= 4 is 0 Å². The Morgan fingerprint density at radius 1 is 1.42 bits per heavy atom. The molecule has 1 aliphatic rings. The lowest BCUT2D eigenvalue weighted by molar-refractivity contribution is -0.0291. The first-order valence-corrected chi connectivity index (χ1v) is 4.48. The van der Waals surface area contributed by atoms with Crippen LogP contribution in [0.4, 0.5) is 0 Å². The second-order valence-corrected chi connectivity index (χ2v) is 3.54. The standard InChI is InChI=1S/C9H19NO2/c1-10-5-4-9(12-3)8(6-10)7-11-2/h8-9H,4-7H2,1-3H3/t8?,9-/m0/s1. The maximum absolute atomic E-state index is 5.40. The number of rotatable bonds is 3. The number of piperidine rings is 1. The molecule has 1 fully saturated rings. The SMILES string of the molecule is COCC1CN(C)CC[C@@H]1OC. The second kappa shape index (κ2) is 4.80. The van der Waals surface area contributed by atoms with Gasteiger partial charge in [-0.1, -0.05) is 0 Å². The minimum Gasteiger partial charge on any atom is -0.384 e. The van der Waals surface area contributed by atoms with Crippen LogP contribution in [0.2, 0.25) is 0 Å². The summed E-state index contributed by atoms with van der Waals surface area (Å²) in [5.41, 5.74) is 0. The molecule has 0 spiro atoms. The summed E-state index contributed by atoms with van der Waals surface area (Å²) in [4.78, 5) is 2.33. The average molecular weight is 173 g/mol. The van der Waals surface area contributed by atoms with Crippen molar-refractivity contribution in [3.63, 3.8) is 0 Å². The number of ether oxygens (including phenoxy) is 2. The number of methoxy groups -OCH3 is 2. The molecule has 0 saturated carbocycles. The number of nitrogens with zero attached hydrogens (tertiary/aromatic N) is 1. The van der Waals surface area contributed by atoms with Crippen LogP contribution in [0.25, 0.3) is 0 Å². The maximum atomic E-state index is 5.40. The molecule has 1 heterocycles. The minimum atomic E-state index is 0.390. The Balaban J connectivity index is 2.40. The van der Waals surface area contributed by atoms with Crippen LogP contribution in [-0.2, 0) is 9.47 Å². The van der Waals surface area contributed by atoms with Gasteiger partial charge in [0.25, 0.3) is 0 Å². The lowest BCUT2D eigenvalue weighted by atomic mass is 9.96. The van der Waals surface area contributed by atoms with Gasteiger partial charge in [-0.25, -0.2) is 0 Å². The molecule has 0 amide bonds. The van der Waals surface area contributed by atoms with Gasteiger partial charge >= 0.3 is 0 Å². The van der Waals surface area contributed by atoms with Gasteiger partial charge in [-0.15, -0.1) is 0 Å². The molecular weight excluding hydrogens is 154 g/mol. The zero-order chi connectivity index (χ0) is 8.97. The molecule has 1 unspecified atom stereocenters. The second-order valence-electron chi connectivity index (χ2n) is 3.54. The Bertz CT molecular complexity index is 130. The summed E-state index contributed by atoms with van der Waals surface area (Å²) in [5.74, 6) is 0.541. The highest BCUT2D eigenvalue weighted by molar-refractivity contribution is 4.79. The third kappa shape index (κ3) is 2.44. The van der Waals surface area contributed by atoms with E-state index in [2.05, 4.69) is 11.9 Å². The quantitative estimate of drug-likeness (QED) is 0.624. The van der Waals surface area contributed by atoms with Crippen LogP contribution in [0.1, 0.15) is 6.42 Å². The van der Waals surface area contributed by atoms with Crippen molar-refractivity contribution in [1.29, 1.82) is 0 Å². The molecule has 0 aromatic heterocycles. The van der Waals surface area contributed by atoms with E-state index in [9.17, 15) is 0 Å². The lowest BCUT2D eigenvalue weighted by Gasteiger charge is -2.35. The first-order chi connectivity index (χ1) is 5.77. The zero-order valence-corrected chi connectivity index (χ0v) is 8.25. The van der Waals surface area contributed by atoms with Gasteiger partial charge in [0.05, 0.1) is 12.7 Å². The Hall–Kier alpha value is -0.120. The average Bonchev–Trinajstić information content (AvgIpc) is 2.05. The van der Waals surface area contributed by atoms with Crippen LogP contribution in [0, 0.1) is 5.92 Å². The molecule has 12 heavy (non-hydrogen) atoms. The smallest absolute Gasteiger partial charge is 0.0645 e. The maximum Gasteiger partial charge on any atom is 0.0645 e. The van der Waals surface area contributed by atoms with E-state index in [4.69, 9.17) is 9.47 Å². The van der Waals surface area contributed by atoms with E-state index in [0.29, 0.717) is 12.0 Å². The van der Waals surface area contributed by atoms with Gasteiger partial charge in [-0.05, 0) is 13.5 Å². The Kier molecular flexibility index (Phi) is 3.98. The van der Waals surface area contributed by atoms with Crippen LogP contribution in [0.3, 0.4) is 0 Å². The Morgan fingerprint density at radius 3 is 2.75 bits per heavy atom. The van der Waals surface area contributed by atoms with E-state index in [1.807, 2.05) is 0 Å². The molecule has 72 valence electrons. The molecule has 0 aromatic rings. The van der Waals surface area contributed by atoms with E-state index in [1.54, 1.807) is 14.2 Å². The third-order valence-corrected chi connectivity index (χ3v) is 2.55. The fraction of sp³-hybridized carbons (Fsp3) is 1.00. The monoisotopic (exact) mass is 173 g/mol. The molecule has 1 saturated heterocycles. The van der Waals surface area contributed by atoms with Crippen LogP contribution in [0.5, 0.6) is 0 Å². The fourth-order valence-corrected chi connectivity index (χ4v) is 1.88. The molecule has 3 nitrogen and oxygen atoms in total. The number of hydrogen-bond donors (Lipinski definition) is 0. The van der Waals surface area contributed by atoms with E-state index in [-0.39, 0.29) is 0 Å². The predicted molar refractivity (Wildman–Crippen MR) is 48.3 cm³/mol. The van der Waals surface area contributed by atoms with Crippen molar-refractivity contribution in [2.24, 2.45) is 5.92 Å².